The molecule has 1 aromatic rings. The van der Waals surface area contributed by atoms with Gasteiger partial charge < -0.3 is 4.74 Å². The third-order valence-electron chi connectivity index (χ3n) is 2.12. The maximum Gasteiger partial charge on any atom is 0.306 e. The normalized spacial score (nSPS) is 11.1. The van der Waals surface area contributed by atoms with Gasteiger partial charge in [-0.1, -0.05) is 15.9 Å². The van der Waals surface area contributed by atoms with Crippen LogP contribution in [0, 0.1) is 6.92 Å². The lowest BCUT2D eigenvalue weighted by atomic mass is 10.2. The molecule has 0 aliphatic heterocycles. The van der Waals surface area contributed by atoms with Crippen LogP contribution in [0.1, 0.15) is 12.0 Å². The van der Waals surface area contributed by atoms with Crippen LogP contribution in [0.25, 0.3) is 0 Å². The molecule has 5 nitrogen and oxygen atoms in total. The van der Waals surface area contributed by atoms with Crippen molar-refractivity contribution in [3.05, 3.63) is 28.2 Å². The summed E-state index contributed by atoms with van der Waals surface area (Å²) in [5.41, 5.74) is 1.39. The summed E-state index contributed by atoms with van der Waals surface area (Å²) in [7, 11) is -2.32. The van der Waals surface area contributed by atoms with E-state index >= 15 is 0 Å². The fourth-order valence-electron chi connectivity index (χ4n) is 1.35. The molecule has 7 heteroatoms. The van der Waals surface area contributed by atoms with Gasteiger partial charge >= 0.3 is 5.97 Å². The Morgan fingerprint density at radius 3 is 2.61 bits per heavy atom. The number of ether oxygens (including phenoxy) is 1. The quantitative estimate of drug-likeness (QED) is 0.836. The van der Waals surface area contributed by atoms with E-state index in [1.165, 1.54) is 7.11 Å². The number of carbonyl (C=O) groups excluding carboxylic acids is 1. The van der Waals surface area contributed by atoms with E-state index in [0.29, 0.717) is 5.69 Å². The van der Waals surface area contributed by atoms with Crippen molar-refractivity contribution < 1.29 is 17.9 Å². The lowest BCUT2D eigenvalue weighted by Crippen LogP contribution is -2.19. The summed E-state index contributed by atoms with van der Waals surface area (Å²) in [4.78, 5) is 10.9. The van der Waals surface area contributed by atoms with Crippen LogP contribution in [0.3, 0.4) is 0 Å². The predicted molar refractivity (Wildman–Crippen MR) is 72.9 cm³/mol. The molecular weight excluding hydrogens is 322 g/mol. The van der Waals surface area contributed by atoms with Gasteiger partial charge in [-0.25, -0.2) is 8.42 Å². The molecule has 0 saturated carbocycles. The van der Waals surface area contributed by atoms with Crippen molar-refractivity contribution in [1.82, 2.24) is 0 Å². The lowest BCUT2D eigenvalue weighted by Gasteiger charge is -2.08. The number of anilines is 1. The van der Waals surface area contributed by atoms with Crippen LogP contribution in [0.4, 0.5) is 5.69 Å². The molecule has 0 saturated heterocycles. The van der Waals surface area contributed by atoms with Crippen LogP contribution in [-0.4, -0.2) is 27.2 Å². The first-order chi connectivity index (χ1) is 8.32. The molecule has 0 aliphatic carbocycles. The Morgan fingerprint density at radius 1 is 1.39 bits per heavy atom. The zero-order chi connectivity index (χ0) is 13.8. The SMILES string of the molecule is COC(=O)CCS(=O)(=O)Nc1cc(C)cc(Br)c1. The van der Waals surface area contributed by atoms with Gasteiger partial charge in [0.2, 0.25) is 10.0 Å². The molecule has 0 atom stereocenters. The summed E-state index contributed by atoms with van der Waals surface area (Å²) < 4.78 is 31.0. The molecule has 0 aliphatic rings. The largest absolute Gasteiger partial charge is 0.469 e. The minimum Gasteiger partial charge on any atom is -0.469 e. The van der Waals surface area contributed by atoms with Crippen molar-refractivity contribution >= 4 is 37.6 Å². The van der Waals surface area contributed by atoms with Gasteiger partial charge in [0, 0.05) is 10.2 Å². The second-order valence-corrected chi connectivity index (χ2v) is 6.52. The van der Waals surface area contributed by atoms with Crippen LogP contribution in [-0.2, 0) is 19.6 Å². The number of hydrogen-bond acceptors (Lipinski definition) is 4. The second kappa shape index (κ2) is 6.19. The predicted octanol–water partition coefficient (Wildman–Crippen LogP) is 2.06. The molecule has 1 rings (SSSR count). The van der Waals surface area contributed by atoms with Crippen molar-refractivity contribution in [2.45, 2.75) is 13.3 Å². The van der Waals surface area contributed by atoms with E-state index in [2.05, 4.69) is 25.4 Å². The number of halogens is 1. The number of carbonyl (C=O) groups is 1. The van der Waals surface area contributed by atoms with Gasteiger partial charge in [0.25, 0.3) is 0 Å². The molecule has 1 N–H and O–H groups in total. The molecule has 0 radical (unpaired) electrons. The van der Waals surface area contributed by atoms with Gasteiger partial charge in [0.15, 0.2) is 0 Å². The maximum absolute atomic E-state index is 11.7. The maximum atomic E-state index is 11.7. The van der Waals surface area contributed by atoms with Crippen molar-refractivity contribution in [3.8, 4) is 0 Å². The van der Waals surface area contributed by atoms with E-state index in [4.69, 9.17) is 0 Å². The van der Waals surface area contributed by atoms with Crippen molar-refractivity contribution in [3.63, 3.8) is 0 Å². The van der Waals surface area contributed by atoms with Gasteiger partial charge in [-0.2, -0.15) is 0 Å². The van der Waals surface area contributed by atoms with E-state index in [1.54, 1.807) is 12.1 Å². The molecule has 1 aromatic carbocycles. The number of sulfonamides is 1. The summed E-state index contributed by atoms with van der Waals surface area (Å²) >= 11 is 3.28. The molecule has 0 heterocycles. The molecule has 0 aromatic heterocycles. The molecule has 100 valence electrons. The fourth-order valence-corrected chi connectivity index (χ4v) is 2.97. The number of hydrogen-bond donors (Lipinski definition) is 1. The Hall–Kier alpha value is -1.08. The first kappa shape index (κ1) is 15.0. The van der Waals surface area contributed by atoms with Crippen molar-refractivity contribution in [2.75, 3.05) is 17.6 Å². The van der Waals surface area contributed by atoms with E-state index in [0.717, 1.165) is 10.0 Å². The van der Waals surface area contributed by atoms with Crippen LogP contribution in [0.5, 0.6) is 0 Å². The molecular formula is C11H14BrNO4S. The standard InChI is InChI=1S/C11H14BrNO4S/c1-8-5-9(12)7-10(6-8)13-18(15,16)4-3-11(14)17-2/h5-7,13H,3-4H2,1-2H3. The third kappa shape index (κ3) is 5.05. The number of rotatable bonds is 5. The lowest BCUT2D eigenvalue weighted by molar-refractivity contribution is -0.140. The van der Waals surface area contributed by atoms with E-state index in [1.807, 2.05) is 13.0 Å². The Balaban J connectivity index is 2.73. The number of benzene rings is 1. The number of esters is 1. The summed E-state index contributed by atoms with van der Waals surface area (Å²) in [6, 6.07) is 5.23. The van der Waals surface area contributed by atoms with E-state index < -0.39 is 16.0 Å². The van der Waals surface area contributed by atoms with Crippen LogP contribution in [0.15, 0.2) is 22.7 Å². The molecule has 0 bridgehead atoms. The zero-order valence-corrected chi connectivity index (χ0v) is 12.5. The van der Waals surface area contributed by atoms with Crippen LogP contribution in [0.2, 0.25) is 0 Å². The highest BCUT2D eigenvalue weighted by molar-refractivity contribution is 9.10. The number of aryl methyl sites for hydroxylation is 1. The first-order valence-electron chi connectivity index (χ1n) is 5.17. The Labute approximate surface area is 115 Å². The highest BCUT2D eigenvalue weighted by Gasteiger charge is 2.14. The van der Waals surface area contributed by atoms with Gasteiger partial charge in [-0.3, -0.25) is 9.52 Å². The average molecular weight is 336 g/mol. The third-order valence-corrected chi connectivity index (χ3v) is 3.86. The second-order valence-electron chi connectivity index (χ2n) is 3.76. The summed E-state index contributed by atoms with van der Waals surface area (Å²) in [5.74, 6) is -0.851. The highest BCUT2D eigenvalue weighted by atomic mass is 79.9. The molecule has 0 fully saturated rings. The first-order valence-corrected chi connectivity index (χ1v) is 7.61. The Bertz CT molecular complexity index is 522. The van der Waals surface area contributed by atoms with Crippen LogP contribution >= 0.6 is 15.9 Å². The minimum absolute atomic E-state index is 0.168. The number of nitrogens with one attached hydrogen (secondary N) is 1. The van der Waals surface area contributed by atoms with Crippen LogP contribution < -0.4 is 4.72 Å². The van der Waals surface area contributed by atoms with Gasteiger partial charge in [-0.15, -0.1) is 0 Å². The Morgan fingerprint density at radius 2 is 2.06 bits per heavy atom. The fraction of sp³-hybridized carbons (Fsp3) is 0.364. The monoisotopic (exact) mass is 335 g/mol. The summed E-state index contributed by atoms with van der Waals surface area (Å²) in [6.07, 6.45) is -0.168. The molecule has 0 amide bonds. The van der Waals surface area contributed by atoms with Gasteiger partial charge in [0.1, 0.15) is 0 Å². The number of methoxy groups -OCH3 is 1. The topological polar surface area (TPSA) is 72.5 Å². The summed E-state index contributed by atoms with van der Waals surface area (Å²) in [6.45, 7) is 1.86. The zero-order valence-electron chi connectivity index (χ0n) is 10.1. The van der Waals surface area contributed by atoms with E-state index in [9.17, 15) is 13.2 Å². The molecule has 0 unspecified atom stereocenters. The molecule has 0 spiro atoms. The minimum atomic E-state index is -3.54. The molecule has 18 heavy (non-hydrogen) atoms. The average Bonchev–Trinajstić information content (AvgIpc) is 2.23. The smallest absolute Gasteiger partial charge is 0.306 e. The highest BCUT2D eigenvalue weighted by Crippen LogP contribution is 2.20. The van der Waals surface area contributed by atoms with Gasteiger partial charge in [0.05, 0.1) is 19.3 Å². The summed E-state index contributed by atoms with van der Waals surface area (Å²) in [5, 5.41) is 0. The Kier molecular flexibility index (Phi) is 5.15. The van der Waals surface area contributed by atoms with Crippen molar-refractivity contribution in [2.24, 2.45) is 0 Å². The van der Waals surface area contributed by atoms with E-state index in [-0.39, 0.29) is 12.2 Å². The van der Waals surface area contributed by atoms with Gasteiger partial charge in [-0.05, 0) is 30.7 Å². The van der Waals surface area contributed by atoms with Crippen molar-refractivity contribution in [1.29, 1.82) is 0 Å².